The van der Waals surface area contributed by atoms with E-state index in [1.165, 1.54) is 0 Å². The fourth-order valence-electron chi connectivity index (χ4n) is 1.74. The molecule has 0 amide bonds. The summed E-state index contributed by atoms with van der Waals surface area (Å²) in [5, 5.41) is 15.4. The first-order chi connectivity index (χ1) is 7.75. The first-order valence-electron chi connectivity index (χ1n) is 5.50. The normalized spacial score (nSPS) is 20.9. The topological polar surface area (TPSA) is 88.1 Å². The second kappa shape index (κ2) is 5.07. The first kappa shape index (κ1) is 11.1. The second-order valence-corrected chi connectivity index (χ2v) is 3.89. The van der Waals surface area contributed by atoms with Crippen LogP contribution in [0.15, 0.2) is 0 Å². The molecule has 0 saturated carbocycles. The van der Waals surface area contributed by atoms with E-state index in [2.05, 4.69) is 15.2 Å². The molecule has 6 heteroatoms. The van der Waals surface area contributed by atoms with Gasteiger partial charge in [0.2, 0.25) is 0 Å². The maximum atomic E-state index is 10.4. The Morgan fingerprint density at radius 1 is 1.56 bits per heavy atom. The number of aromatic amines is 1. The lowest BCUT2D eigenvalue weighted by atomic mass is 10.1. The Balaban J connectivity index is 1.93. The van der Waals surface area contributed by atoms with Crippen molar-refractivity contribution in [3.63, 3.8) is 0 Å². The summed E-state index contributed by atoms with van der Waals surface area (Å²) >= 11 is 0. The van der Waals surface area contributed by atoms with Crippen LogP contribution >= 0.6 is 0 Å². The van der Waals surface area contributed by atoms with Crippen molar-refractivity contribution in [2.45, 2.75) is 38.2 Å². The van der Waals surface area contributed by atoms with Gasteiger partial charge in [0.25, 0.3) is 0 Å². The van der Waals surface area contributed by atoms with E-state index in [4.69, 9.17) is 9.84 Å². The highest BCUT2D eigenvalue weighted by molar-refractivity contribution is 5.66. The maximum Gasteiger partial charge on any atom is 0.303 e. The minimum atomic E-state index is -0.827. The highest BCUT2D eigenvalue weighted by Crippen LogP contribution is 2.24. The number of hydrogen-bond acceptors (Lipinski definition) is 4. The summed E-state index contributed by atoms with van der Waals surface area (Å²) in [5.74, 6) is 0.443. The molecule has 1 aromatic heterocycles. The molecule has 0 aromatic carbocycles. The largest absolute Gasteiger partial charge is 0.481 e. The van der Waals surface area contributed by atoms with Crippen molar-refractivity contribution in [3.8, 4) is 0 Å². The Kier molecular flexibility index (Phi) is 3.51. The van der Waals surface area contributed by atoms with Gasteiger partial charge in [-0.05, 0) is 19.3 Å². The Morgan fingerprint density at radius 3 is 3.12 bits per heavy atom. The summed E-state index contributed by atoms with van der Waals surface area (Å²) in [4.78, 5) is 14.6. The lowest BCUT2D eigenvalue weighted by Crippen LogP contribution is -2.12. The molecule has 1 unspecified atom stereocenters. The van der Waals surface area contributed by atoms with Gasteiger partial charge in [-0.3, -0.25) is 9.89 Å². The maximum absolute atomic E-state index is 10.4. The van der Waals surface area contributed by atoms with Gasteiger partial charge in [0.05, 0.1) is 6.42 Å². The van der Waals surface area contributed by atoms with Crippen LogP contribution in [0.4, 0.5) is 0 Å². The average molecular weight is 225 g/mol. The second-order valence-electron chi connectivity index (χ2n) is 3.89. The number of ether oxygens (including phenoxy) is 1. The molecule has 16 heavy (non-hydrogen) atoms. The number of carboxylic acids is 1. The van der Waals surface area contributed by atoms with Gasteiger partial charge in [-0.15, -0.1) is 0 Å². The van der Waals surface area contributed by atoms with E-state index in [1.807, 2.05) is 0 Å². The van der Waals surface area contributed by atoms with Gasteiger partial charge in [0.15, 0.2) is 5.82 Å². The number of rotatable bonds is 4. The van der Waals surface area contributed by atoms with Crippen LogP contribution in [0.5, 0.6) is 0 Å². The van der Waals surface area contributed by atoms with Crippen LogP contribution in [-0.2, 0) is 16.0 Å². The van der Waals surface area contributed by atoms with Crippen molar-refractivity contribution in [2.75, 3.05) is 6.61 Å². The summed E-state index contributed by atoms with van der Waals surface area (Å²) in [6.45, 7) is 0.754. The standard InChI is InChI=1S/C10H15N3O3/c14-9(15)5-4-8-11-10(13-12-8)7-3-1-2-6-16-7/h7H,1-6H2,(H,14,15)(H,11,12,13). The van der Waals surface area contributed by atoms with Crippen molar-refractivity contribution in [2.24, 2.45) is 0 Å². The molecule has 2 rings (SSSR count). The van der Waals surface area contributed by atoms with Crippen LogP contribution in [0.25, 0.3) is 0 Å². The van der Waals surface area contributed by atoms with Crippen LogP contribution < -0.4 is 0 Å². The van der Waals surface area contributed by atoms with Gasteiger partial charge in [-0.1, -0.05) is 0 Å². The molecule has 1 aliphatic rings. The van der Waals surface area contributed by atoms with Crippen molar-refractivity contribution < 1.29 is 14.6 Å². The molecule has 2 heterocycles. The number of aromatic nitrogens is 3. The predicted molar refractivity (Wildman–Crippen MR) is 54.9 cm³/mol. The number of aliphatic carboxylic acids is 1. The van der Waals surface area contributed by atoms with Gasteiger partial charge < -0.3 is 9.84 Å². The SMILES string of the molecule is O=C(O)CCc1nc(C2CCCCO2)n[nH]1. The Bertz CT molecular complexity index is 358. The Morgan fingerprint density at radius 2 is 2.44 bits per heavy atom. The molecule has 1 saturated heterocycles. The molecule has 1 aliphatic heterocycles. The molecule has 0 aliphatic carbocycles. The van der Waals surface area contributed by atoms with Gasteiger partial charge in [-0.25, -0.2) is 4.98 Å². The number of nitrogens with zero attached hydrogens (tertiary/aromatic N) is 2. The number of hydrogen-bond donors (Lipinski definition) is 2. The molecule has 88 valence electrons. The third-order valence-electron chi connectivity index (χ3n) is 2.59. The molecule has 2 N–H and O–H groups in total. The lowest BCUT2D eigenvalue weighted by molar-refractivity contribution is -0.137. The average Bonchev–Trinajstić information content (AvgIpc) is 2.76. The molecule has 1 fully saturated rings. The monoisotopic (exact) mass is 225 g/mol. The van der Waals surface area contributed by atoms with Crippen LogP contribution in [0.1, 0.15) is 43.4 Å². The third kappa shape index (κ3) is 2.79. The molecule has 0 radical (unpaired) electrons. The van der Waals surface area contributed by atoms with Gasteiger partial charge >= 0.3 is 5.97 Å². The van der Waals surface area contributed by atoms with E-state index in [0.29, 0.717) is 18.1 Å². The first-order valence-corrected chi connectivity index (χ1v) is 5.50. The van der Waals surface area contributed by atoms with Gasteiger partial charge in [0.1, 0.15) is 11.9 Å². The zero-order valence-electron chi connectivity index (χ0n) is 8.98. The quantitative estimate of drug-likeness (QED) is 0.800. The smallest absolute Gasteiger partial charge is 0.303 e. The molecule has 6 nitrogen and oxygen atoms in total. The van der Waals surface area contributed by atoms with Crippen molar-refractivity contribution in [1.29, 1.82) is 0 Å². The van der Waals surface area contributed by atoms with E-state index >= 15 is 0 Å². The molecule has 1 atom stereocenters. The zero-order chi connectivity index (χ0) is 11.4. The Hall–Kier alpha value is -1.43. The van der Waals surface area contributed by atoms with E-state index < -0.39 is 5.97 Å². The van der Waals surface area contributed by atoms with Crippen LogP contribution in [0, 0.1) is 0 Å². The van der Waals surface area contributed by atoms with E-state index in [0.717, 1.165) is 25.9 Å². The van der Waals surface area contributed by atoms with Gasteiger partial charge in [-0.2, -0.15) is 5.10 Å². The van der Waals surface area contributed by atoms with Crippen molar-refractivity contribution in [3.05, 3.63) is 11.6 Å². The third-order valence-corrected chi connectivity index (χ3v) is 2.59. The molecule has 1 aromatic rings. The number of nitrogens with one attached hydrogen (secondary N) is 1. The van der Waals surface area contributed by atoms with Crippen molar-refractivity contribution >= 4 is 5.97 Å². The summed E-state index contributed by atoms with van der Waals surface area (Å²) < 4.78 is 5.54. The van der Waals surface area contributed by atoms with Crippen molar-refractivity contribution in [1.82, 2.24) is 15.2 Å². The summed E-state index contributed by atoms with van der Waals surface area (Å²) in [7, 11) is 0. The molecule has 0 bridgehead atoms. The van der Waals surface area contributed by atoms with Crippen LogP contribution in [-0.4, -0.2) is 32.9 Å². The van der Waals surface area contributed by atoms with E-state index in [1.54, 1.807) is 0 Å². The summed E-state index contributed by atoms with van der Waals surface area (Å²) in [5.41, 5.74) is 0. The Labute approximate surface area is 93.0 Å². The summed E-state index contributed by atoms with van der Waals surface area (Å²) in [6.07, 6.45) is 3.59. The van der Waals surface area contributed by atoms with E-state index in [9.17, 15) is 4.79 Å². The van der Waals surface area contributed by atoms with Crippen LogP contribution in [0.2, 0.25) is 0 Å². The fourth-order valence-corrected chi connectivity index (χ4v) is 1.74. The van der Waals surface area contributed by atoms with Crippen LogP contribution in [0.3, 0.4) is 0 Å². The predicted octanol–water partition coefficient (Wildman–Crippen LogP) is 1.06. The fraction of sp³-hybridized carbons (Fsp3) is 0.700. The van der Waals surface area contributed by atoms with Gasteiger partial charge in [0, 0.05) is 13.0 Å². The minimum absolute atomic E-state index is 0.0245. The number of carbonyl (C=O) groups is 1. The highest BCUT2D eigenvalue weighted by Gasteiger charge is 2.20. The van der Waals surface area contributed by atoms with E-state index in [-0.39, 0.29) is 12.5 Å². The summed E-state index contributed by atoms with van der Waals surface area (Å²) in [6, 6.07) is 0. The number of aryl methyl sites for hydroxylation is 1. The minimum Gasteiger partial charge on any atom is -0.481 e. The lowest BCUT2D eigenvalue weighted by Gasteiger charge is -2.19. The molecular formula is C10H15N3O3. The number of carboxylic acid groups (broad SMARTS) is 1. The highest BCUT2D eigenvalue weighted by atomic mass is 16.5. The number of H-pyrrole nitrogens is 1. The molecular weight excluding hydrogens is 210 g/mol. The molecule has 0 spiro atoms. The zero-order valence-corrected chi connectivity index (χ0v) is 8.98.